The number of aliphatic hydroxyl groups is 2. The molecule has 0 radical (unpaired) electrons. The predicted molar refractivity (Wildman–Crippen MR) is 153 cm³/mol. The first-order valence-electron chi connectivity index (χ1n) is 15.7. The SMILES string of the molecule is CC(=O)OC1C=C2C3CCC(C(C)C(O)CCC(C)C)[C@@]3(C)CC(O)C2[C@@]2(C)CCC(OC(C)=O)C(OC(C)=O)C12. The molecule has 0 aromatic heterocycles. The number of rotatable bonds is 8. The van der Waals surface area contributed by atoms with Crippen molar-refractivity contribution in [2.24, 2.45) is 46.3 Å². The quantitative estimate of drug-likeness (QED) is 0.236. The van der Waals surface area contributed by atoms with E-state index in [0.29, 0.717) is 25.2 Å². The smallest absolute Gasteiger partial charge is 0.303 e. The lowest BCUT2D eigenvalue weighted by atomic mass is 9.45. The Bertz CT molecular complexity index is 1040. The molecule has 8 heteroatoms. The monoisotopic (exact) mass is 576 g/mol. The van der Waals surface area contributed by atoms with Crippen LogP contribution in [0.4, 0.5) is 0 Å². The number of esters is 3. The van der Waals surface area contributed by atoms with Crippen LogP contribution in [-0.2, 0) is 28.6 Å². The second-order valence-electron chi connectivity index (χ2n) is 14.4. The van der Waals surface area contributed by atoms with E-state index < -0.39 is 53.7 Å². The molecule has 0 bridgehead atoms. The minimum Gasteiger partial charge on any atom is -0.459 e. The molecule has 3 saturated carbocycles. The van der Waals surface area contributed by atoms with Gasteiger partial charge in [0.05, 0.1) is 12.2 Å². The van der Waals surface area contributed by atoms with Gasteiger partial charge in [-0.1, -0.05) is 40.2 Å². The molecular weight excluding hydrogens is 524 g/mol. The van der Waals surface area contributed by atoms with Crippen molar-refractivity contribution < 1.29 is 38.8 Å². The van der Waals surface area contributed by atoms with Gasteiger partial charge in [-0.2, -0.15) is 0 Å². The Hall–Kier alpha value is -1.93. The summed E-state index contributed by atoms with van der Waals surface area (Å²) in [5.74, 6) is -0.968. The molecule has 2 N–H and O–H groups in total. The van der Waals surface area contributed by atoms with Gasteiger partial charge in [0.15, 0.2) is 0 Å². The number of hydrogen-bond acceptors (Lipinski definition) is 8. The molecule has 0 saturated heterocycles. The van der Waals surface area contributed by atoms with Gasteiger partial charge in [-0.25, -0.2) is 0 Å². The molecule has 4 aliphatic rings. The molecule has 232 valence electrons. The fraction of sp³-hybridized carbons (Fsp3) is 0.848. The van der Waals surface area contributed by atoms with E-state index >= 15 is 0 Å². The van der Waals surface area contributed by atoms with E-state index in [1.807, 2.05) is 6.08 Å². The summed E-state index contributed by atoms with van der Waals surface area (Å²) in [5.41, 5.74) is 0.381. The minimum atomic E-state index is -0.801. The third kappa shape index (κ3) is 5.97. The summed E-state index contributed by atoms with van der Waals surface area (Å²) >= 11 is 0. The number of fused-ring (bicyclic) bond motifs is 5. The molecule has 0 spiro atoms. The highest BCUT2D eigenvalue weighted by Gasteiger charge is 2.66. The van der Waals surface area contributed by atoms with Crippen LogP contribution >= 0.6 is 0 Å². The fourth-order valence-electron chi connectivity index (χ4n) is 9.64. The van der Waals surface area contributed by atoms with E-state index in [0.717, 1.165) is 31.3 Å². The van der Waals surface area contributed by atoms with E-state index in [1.165, 1.54) is 20.8 Å². The first-order chi connectivity index (χ1) is 19.1. The summed E-state index contributed by atoms with van der Waals surface area (Å²) in [4.78, 5) is 36.6. The Morgan fingerprint density at radius 2 is 1.56 bits per heavy atom. The third-order valence-electron chi connectivity index (χ3n) is 11.3. The molecule has 12 atom stereocenters. The number of carbonyl (C=O) groups excluding carboxylic acids is 3. The molecule has 8 nitrogen and oxygen atoms in total. The minimum absolute atomic E-state index is 0.108. The Labute approximate surface area is 245 Å². The molecule has 41 heavy (non-hydrogen) atoms. The molecular formula is C33H52O8. The van der Waals surface area contributed by atoms with Crippen LogP contribution in [0.3, 0.4) is 0 Å². The first-order valence-corrected chi connectivity index (χ1v) is 15.7. The van der Waals surface area contributed by atoms with Crippen molar-refractivity contribution in [1.82, 2.24) is 0 Å². The van der Waals surface area contributed by atoms with Gasteiger partial charge in [-0.15, -0.1) is 0 Å². The van der Waals surface area contributed by atoms with Crippen LogP contribution in [0.15, 0.2) is 11.6 Å². The zero-order valence-electron chi connectivity index (χ0n) is 26.2. The van der Waals surface area contributed by atoms with Crippen molar-refractivity contribution >= 4 is 17.9 Å². The average Bonchev–Trinajstić information content (AvgIpc) is 3.18. The van der Waals surface area contributed by atoms with E-state index in [9.17, 15) is 24.6 Å². The standard InChI is InChI=1S/C33H52O8/c1-17(2)9-12-25(37)18(3)23-10-11-24-22-15-28(40-20(5)35)30-31(41-21(6)36)27(39-19(4)34)13-14-32(30,7)29(22)26(38)16-33(23,24)8/h15,17-18,23-31,37-38H,9-14,16H2,1-8H3/t18?,23?,24?,25?,26?,27?,28?,29?,30?,31?,32-,33-/m1/s1. The predicted octanol–water partition coefficient (Wildman–Crippen LogP) is 4.98. The average molecular weight is 577 g/mol. The van der Waals surface area contributed by atoms with Crippen LogP contribution in [-0.4, -0.2) is 58.6 Å². The zero-order chi connectivity index (χ0) is 30.4. The number of aliphatic hydroxyl groups excluding tert-OH is 2. The maximum absolute atomic E-state index is 12.4. The highest BCUT2D eigenvalue weighted by molar-refractivity contribution is 5.68. The van der Waals surface area contributed by atoms with Crippen LogP contribution in [0.5, 0.6) is 0 Å². The zero-order valence-corrected chi connectivity index (χ0v) is 26.2. The normalized spacial score (nSPS) is 41.3. The molecule has 4 rings (SSSR count). The van der Waals surface area contributed by atoms with Gasteiger partial charge in [0.2, 0.25) is 0 Å². The molecule has 0 aliphatic heterocycles. The van der Waals surface area contributed by atoms with Crippen LogP contribution in [0.1, 0.15) is 100 Å². The Morgan fingerprint density at radius 1 is 0.927 bits per heavy atom. The van der Waals surface area contributed by atoms with Gasteiger partial charge in [-0.3, -0.25) is 14.4 Å². The van der Waals surface area contributed by atoms with E-state index in [-0.39, 0.29) is 35.2 Å². The van der Waals surface area contributed by atoms with Crippen molar-refractivity contribution in [1.29, 1.82) is 0 Å². The highest BCUT2D eigenvalue weighted by Crippen LogP contribution is 2.67. The van der Waals surface area contributed by atoms with Crippen LogP contribution < -0.4 is 0 Å². The Kier molecular flexibility index (Phi) is 9.35. The number of hydrogen-bond donors (Lipinski definition) is 2. The summed E-state index contributed by atoms with van der Waals surface area (Å²) in [7, 11) is 0. The summed E-state index contributed by atoms with van der Waals surface area (Å²) in [6, 6.07) is 0. The maximum atomic E-state index is 12.4. The van der Waals surface area contributed by atoms with Gasteiger partial charge in [0.1, 0.15) is 18.3 Å². The topological polar surface area (TPSA) is 119 Å². The molecule has 0 heterocycles. The second kappa shape index (κ2) is 12.0. The van der Waals surface area contributed by atoms with E-state index in [1.54, 1.807) is 0 Å². The van der Waals surface area contributed by atoms with Crippen molar-refractivity contribution in [3.8, 4) is 0 Å². The van der Waals surface area contributed by atoms with Gasteiger partial charge in [0, 0.05) is 32.6 Å². The molecule has 0 aromatic rings. The third-order valence-corrected chi connectivity index (χ3v) is 11.3. The molecule has 10 unspecified atom stereocenters. The molecule has 0 aromatic carbocycles. The second-order valence-corrected chi connectivity index (χ2v) is 14.4. The van der Waals surface area contributed by atoms with Gasteiger partial charge >= 0.3 is 17.9 Å². The number of carbonyl (C=O) groups is 3. The first kappa shape index (κ1) is 32.0. The lowest BCUT2D eigenvalue weighted by molar-refractivity contribution is -0.211. The lowest BCUT2D eigenvalue weighted by Gasteiger charge is -2.61. The van der Waals surface area contributed by atoms with Crippen molar-refractivity contribution in [3.05, 3.63) is 11.6 Å². The summed E-state index contributed by atoms with van der Waals surface area (Å²) in [5, 5.41) is 23.1. The van der Waals surface area contributed by atoms with Crippen LogP contribution in [0.25, 0.3) is 0 Å². The molecule has 3 fully saturated rings. The molecule has 0 amide bonds. The lowest BCUT2D eigenvalue weighted by Crippen LogP contribution is -2.64. The fourth-order valence-corrected chi connectivity index (χ4v) is 9.64. The highest BCUT2D eigenvalue weighted by atomic mass is 16.6. The van der Waals surface area contributed by atoms with E-state index in [2.05, 4.69) is 34.6 Å². The van der Waals surface area contributed by atoms with Crippen molar-refractivity contribution in [3.63, 3.8) is 0 Å². The maximum Gasteiger partial charge on any atom is 0.303 e. The van der Waals surface area contributed by atoms with Gasteiger partial charge < -0.3 is 24.4 Å². The van der Waals surface area contributed by atoms with Gasteiger partial charge in [-0.05, 0) is 85.5 Å². The largest absolute Gasteiger partial charge is 0.459 e. The van der Waals surface area contributed by atoms with Crippen LogP contribution in [0.2, 0.25) is 0 Å². The summed E-state index contributed by atoms with van der Waals surface area (Å²) in [6.45, 7) is 14.9. The Balaban J connectivity index is 1.74. The van der Waals surface area contributed by atoms with Crippen LogP contribution in [0, 0.1) is 46.3 Å². The van der Waals surface area contributed by atoms with E-state index in [4.69, 9.17) is 14.2 Å². The van der Waals surface area contributed by atoms with Crippen molar-refractivity contribution in [2.45, 2.75) is 131 Å². The van der Waals surface area contributed by atoms with Crippen molar-refractivity contribution in [2.75, 3.05) is 0 Å². The van der Waals surface area contributed by atoms with Gasteiger partial charge in [0.25, 0.3) is 0 Å². The Morgan fingerprint density at radius 3 is 2.15 bits per heavy atom. The summed E-state index contributed by atoms with van der Waals surface area (Å²) < 4.78 is 17.4. The number of ether oxygens (including phenoxy) is 3. The summed E-state index contributed by atoms with van der Waals surface area (Å²) in [6.07, 6.45) is 4.28. The molecule has 4 aliphatic carbocycles.